The number of rotatable bonds is 4. The van der Waals surface area contributed by atoms with E-state index in [9.17, 15) is 4.79 Å². The summed E-state index contributed by atoms with van der Waals surface area (Å²) < 4.78 is 5.08. The Morgan fingerprint density at radius 1 is 1.24 bits per heavy atom. The zero-order valence-electron chi connectivity index (χ0n) is 14.7. The molecule has 0 spiro atoms. The molecule has 1 atom stereocenters. The zero-order chi connectivity index (χ0) is 17.8. The highest BCUT2D eigenvalue weighted by Gasteiger charge is 2.28. The number of anilines is 2. The first kappa shape index (κ1) is 17.1. The number of nitrogens with zero attached hydrogens (tertiary/aromatic N) is 6. The van der Waals surface area contributed by atoms with Crippen LogP contribution in [0.2, 0.25) is 0 Å². The van der Waals surface area contributed by atoms with Gasteiger partial charge >= 0.3 is 5.97 Å². The molecule has 0 aromatic carbocycles. The number of ether oxygens (including phenoxy) is 1. The molecule has 0 unspecified atom stereocenters. The molecule has 132 valence electrons. The fourth-order valence-electron chi connectivity index (χ4n) is 3.04. The lowest BCUT2D eigenvalue weighted by atomic mass is 10.1. The first-order valence-electron chi connectivity index (χ1n) is 8.39. The van der Waals surface area contributed by atoms with Gasteiger partial charge in [-0.15, -0.1) is 0 Å². The molecule has 1 saturated heterocycles. The first-order valence-corrected chi connectivity index (χ1v) is 8.39. The van der Waals surface area contributed by atoms with Crippen LogP contribution < -0.4 is 9.80 Å². The number of aromatic nitrogens is 4. The summed E-state index contributed by atoms with van der Waals surface area (Å²) in [5.41, 5.74) is 1.07. The Hall–Kier alpha value is -2.77. The second kappa shape index (κ2) is 7.42. The van der Waals surface area contributed by atoms with Gasteiger partial charge in [0, 0.05) is 43.6 Å². The summed E-state index contributed by atoms with van der Waals surface area (Å²) in [5, 5.41) is 0. The highest BCUT2D eigenvalue weighted by Crippen LogP contribution is 2.24. The van der Waals surface area contributed by atoms with Crippen LogP contribution in [0.15, 0.2) is 24.8 Å². The van der Waals surface area contributed by atoms with E-state index in [1.165, 1.54) is 6.33 Å². The van der Waals surface area contributed by atoms with Gasteiger partial charge in [0.1, 0.15) is 12.1 Å². The van der Waals surface area contributed by atoms with Gasteiger partial charge < -0.3 is 14.5 Å². The molecule has 8 nitrogen and oxygen atoms in total. The van der Waals surface area contributed by atoms with Crippen LogP contribution in [0.25, 0.3) is 0 Å². The predicted molar refractivity (Wildman–Crippen MR) is 93.8 cm³/mol. The molecule has 2 aromatic heterocycles. The van der Waals surface area contributed by atoms with Crippen molar-refractivity contribution in [2.24, 2.45) is 0 Å². The molecule has 0 aliphatic carbocycles. The molecular weight excluding hydrogens is 320 g/mol. The van der Waals surface area contributed by atoms with E-state index in [-0.39, 0.29) is 6.04 Å². The van der Waals surface area contributed by atoms with Crippen molar-refractivity contribution in [3.63, 3.8) is 0 Å². The van der Waals surface area contributed by atoms with Crippen molar-refractivity contribution in [3.8, 4) is 0 Å². The molecule has 25 heavy (non-hydrogen) atoms. The molecule has 0 amide bonds. The first-order chi connectivity index (χ1) is 12.1. The van der Waals surface area contributed by atoms with Crippen molar-refractivity contribution >= 4 is 17.7 Å². The molecule has 8 heteroatoms. The molecule has 1 aliphatic rings. The Bertz CT molecular complexity index is 739. The Kier molecular flexibility index (Phi) is 5.06. The summed E-state index contributed by atoms with van der Waals surface area (Å²) in [5.74, 6) is 1.10. The Labute approximate surface area is 146 Å². The Morgan fingerprint density at radius 3 is 2.68 bits per heavy atom. The average molecular weight is 342 g/mol. The van der Waals surface area contributed by atoms with Gasteiger partial charge in [0.05, 0.1) is 6.61 Å². The standard InChI is InChI=1S/C17H22N6O2/c1-4-25-16(24)14-13(3)15(21-11-20-14)23-9-8-22(10-12(23)2)17-18-6-5-7-19-17/h5-7,11-12H,4,8-10H2,1-3H3/t12-/m0/s1. The Morgan fingerprint density at radius 2 is 2.00 bits per heavy atom. The number of carbonyl (C=O) groups excluding carboxylic acids is 1. The van der Waals surface area contributed by atoms with Gasteiger partial charge in [-0.3, -0.25) is 0 Å². The lowest BCUT2D eigenvalue weighted by molar-refractivity contribution is 0.0518. The summed E-state index contributed by atoms with van der Waals surface area (Å²) in [7, 11) is 0. The minimum absolute atomic E-state index is 0.196. The molecular formula is C17H22N6O2. The highest BCUT2D eigenvalue weighted by molar-refractivity contribution is 5.90. The van der Waals surface area contributed by atoms with Crippen LogP contribution in [0.3, 0.4) is 0 Å². The minimum Gasteiger partial charge on any atom is -0.461 e. The van der Waals surface area contributed by atoms with Crippen LogP contribution in [0.5, 0.6) is 0 Å². The summed E-state index contributed by atoms with van der Waals surface area (Å²) in [4.78, 5) is 33.6. The van der Waals surface area contributed by atoms with Crippen LogP contribution in [-0.2, 0) is 4.74 Å². The lowest BCUT2D eigenvalue weighted by Crippen LogP contribution is -2.53. The van der Waals surface area contributed by atoms with Crippen molar-refractivity contribution in [3.05, 3.63) is 36.0 Å². The third kappa shape index (κ3) is 3.52. The molecule has 0 radical (unpaired) electrons. The van der Waals surface area contributed by atoms with Crippen molar-refractivity contribution in [1.29, 1.82) is 0 Å². The van der Waals surface area contributed by atoms with Crippen molar-refractivity contribution in [2.45, 2.75) is 26.8 Å². The van der Waals surface area contributed by atoms with Crippen LogP contribution in [0, 0.1) is 6.92 Å². The molecule has 1 fully saturated rings. The SMILES string of the molecule is CCOC(=O)c1ncnc(N2CCN(c3ncccn3)C[C@@H]2C)c1C. The average Bonchev–Trinajstić information content (AvgIpc) is 2.63. The van der Waals surface area contributed by atoms with E-state index in [1.807, 2.05) is 13.0 Å². The van der Waals surface area contributed by atoms with Gasteiger partial charge in [-0.2, -0.15) is 0 Å². The summed E-state index contributed by atoms with van der Waals surface area (Å²) in [6, 6.07) is 2.01. The molecule has 0 bridgehead atoms. The van der Waals surface area contributed by atoms with Gasteiger partial charge in [0.15, 0.2) is 5.69 Å². The van der Waals surface area contributed by atoms with Crippen LogP contribution in [0.1, 0.15) is 29.9 Å². The van der Waals surface area contributed by atoms with Gasteiger partial charge in [-0.25, -0.2) is 24.7 Å². The largest absolute Gasteiger partial charge is 0.461 e. The quantitative estimate of drug-likeness (QED) is 0.772. The fraction of sp³-hybridized carbons (Fsp3) is 0.471. The number of piperazine rings is 1. The topological polar surface area (TPSA) is 84.3 Å². The Balaban J connectivity index is 1.79. The van der Waals surface area contributed by atoms with Crippen molar-refractivity contribution in [1.82, 2.24) is 19.9 Å². The second-order valence-corrected chi connectivity index (χ2v) is 5.93. The van der Waals surface area contributed by atoms with Gasteiger partial charge in [0.2, 0.25) is 5.95 Å². The van der Waals surface area contributed by atoms with E-state index in [1.54, 1.807) is 19.3 Å². The smallest absolute Gasteiger partial charge is 0.357 e. The van der Waals surface area contributed by atoms with E-state index >= 15 is 0 Å². The monoisotopic (exact) mass is 342 g/mol. The maximum atomic E-state index is 12.1. The van der Waals surface area contributed by atoms with E-state index in [4.69, 9.17) is 4.74 Å². The van der Waals surface area contributed by atoms with E-state index in [0.29, 0.717) is 12.3 Å². The van der Waals surface area contributed by atoms with Crippen molar-refractivity contribution < 1.29 is 9.53 Å². The lowest BCUT2D eigenvalue weighted by Gasteiger charge is -2.41. The van der Waals surface area contributed by atoms with E-state index in [2.05, 4.69) is 36.7 Å². The van der Waals surface area contributed by atoms with E-state index < -0.39 is 5.97 Å². The van der Waals surface area contributed by atoms with Crippen LogP contribution in [-0.4, -0.2) is 58.2 Å². The summed E-state index contributed by atoms with van der Waals surface area (Å²) >= 11 is 0. The van der Waals surface area contributed by atoms with Crippen molar-refractivity contribution in [2.75, 3.05) is 36.0 Å². The molecule has 2 aromatic rings. The third-order valence-electron chi connectivity index (χ3n) is 4.26. The number of esters is 1. The maximum Gasteiger partial charge on any atom is 0.357 e. The predicted octanol–water partition coefficient (Wildman–Crippen LogP) is 1.47. The zero-order valence-corrected chi connectivity index (χ0v) is 14.7. The van der Waals surface area contributed by atoms with Gasteiger partial charge in [0.25, 0.3) is 0 Å². The molecule has 0 N–H and O–H groups in total. The third-order valence-corrected chi connectivity index (χ3v) is 4.26. The van der Waals surface area contributed by atoms with E-state index in [0.717, 1.165) is 37.0 Å². The minimum atomic E-state index is -0.410. The van der Waals surface area contributed by atoms with Gasteiger partial charge in [-0.05, 0) is 26.8 Å². The number of carbonyl (C=O) groups is 1. The summed E-state index contributed by atoms with van der Waals surface area (Å²) in [6.07, 6.45) is 4.92. The van der Waals surface area contributed by atoms with Crippen LogP contribution >= 0.6 is 0 Å². The number of hydrogen-bond donors (Lipinski definition) is 0. The molecule has 0 saturated carbocycles. The van der Waals surface area contributed by atoms with Crippen LogP contribution in [0.4, 0.5) is 11.8 Å². The second-order valence-electron chi connectivity index (χ2n) is 5.93. The molecule has 3 rings (SSSR count). The fourth-order valence-corrected chi connectivity index (χ4v) is 3.04. The molecule has 3 heterocycles. The number of hydrogen-bond acceptors (Lipinski definition) is 8. The maximum absolute atomic E-state index is 12.1. The summed E-state index contributed by atoms with van der Waals surface area (Å²) in [6.45, 7) is 8.42. The normalized spacial score (nSPS) is 17.5. The highest BCUT2D eigenvalue weighted by atomic mass is 16.5. The van der Waals surface area contributed by atoms with Gasteiger partial charge in [-0.1, -0.05) is 0 Å². The molecule has 1 aliphatic heterocycles.